The minimum Gasteiger partial charge on any atom is -0.383 e. The molecular formula is C7H9BrN4O4. The fourth-order valence-electron chi connectivity index (χ4n) is 0.941. The predicted octanol–water partition coefficient (Wildman–Crippen LogP) is 0.457. The second-order valence-electron chi connectivity index (χ2n) is 2.74. The Balaban J connectivity index is 2.73. The van der Waals surface area contributed by atoms with Crippen molar-refractivity contribution < 1.29 is 14.5 Å². The number of hydrogen-bond donors (Lipinski definition) is 2. The van der Waals surface area contributed by atoms with E-state index < -0.39 is 10.8 Å². The lowest BCUT2D eigenvalue weighted by atomic mass is 10.4. The van der Waals surface area contributed by atoms with E-state index in [2.05, 4.69) is 31.4 Å². The third-order valence-corrected chi connectivity index (χ3v) is 2.43. The number of H-pyrrole nitrogens is 1. The Hall–Kier alpha value is -1.48. The van der Waals surface area contributed by atoms with Crippen LogP contribution >= 0.6 is 15.9 Å². The van der Waals surface area contributed by atoms with Gasteiger partial charge in [0.15, 0.2) is 5.69 Å². The van der Waals surface area contributed by atoms with Crippen molar-refractivity contribution in [3.63, 3.8) is 0 Å². The van der Waals surface area contributed by atoms with Crippen molar-refractivity contribution >= 4 is 27.7 Å². The fraction of sp³-hybridized carbons (Fsp3) is 0.429. The minimum atomic E-state index is -0.664. The van der Waals surface area contributed by atoms with Crippen LogP contribution in [0.25, 0.3) is 0 Å². The molecule has 16 heavy (non-hydrogen) atoms. The van der Waals surface area contributed by atoms with Gasteiger partial charge in [0.1, 0.15) is 4.47 Å². The average molecular weight is 293 g/mol. The zero-order valence-corrected chi connectivity index (χ0v) is 9.91. The van der Waals surface area contributed by atoms with Crippen LogP contribution in [0, 0.1) is 10.1 Å². The van der Waals surface area contributed by atoms with Crippen molar-refractivity contribution in [2.24, 2.45) is 0 Å². The summed E-state index contributed by atoms with van der Waals surface area (Å²) >= 11 is 2.93. The van der Waals surface area contributed by atoms with Gasteiger partial charge < -0.3 is 20.2 Å². The van der Waals surface area contributed by atoms with E-state index in [0.29, 0.717) is 13.2 Å². The smallest absolute Gasteiger partial charge is 0.357 e. The van der Waals surface area contributed by atoms with E-state index in [1.807, 2.05) is 0 Å². The molecule has 0 aliphatic rings. The number of methoxy groups -OCH3 is 1. The van der Waals surface area contributed by atoms with Crippen LogP contribution in [-0.4, -0.2) is 41.3 Å². The zero-order valence-electron chi connectivity index (χ0n) is 8.32. The fourth-order valence-corrected chi connectivity index (χ4v) is 1.44. The molecule has 0 unspecified atom stereocenters. The number of hydrogen-bond acceptors (Lipinski definition) is 5. The third-order valence-electron chi connectivity index (χ3n) is 1.68. The Labute approximate surface area is 98.6 Å². The molecule has 1 heterocycles. The summed E-state index contributed by atoms with van der Waals surface area (Å²) < 4.78 is 4.77. The lowest BCUT2D eigenvalue weighted by Crippen LogP contribution is -2.27. The molecule has 0 saturated heterocycles. The van der Waals surface area contributed by atoms with Crippen molar-refractivity contribution in [3.05, 3.63) is 20.3 Å². The van der Waals surface area contributed by atoms with Crippen LogP contribution < -0.4 is 5.32 Å². The summed E-state index contributed by atoms with van der Waals surface area (Å²) in [6.45, 7) is 0.665. The molecular weight excluding hydrogens is 284 g/mol. The summed E-state index contributed by atoms with van der Waals surface area (Å²) in [4.78, 5) is 21.3. The number of aromatic amines is 1. The van der Waals surface area contributed by atoms with Gasteiger partial charge in [0.25, 0.3) is 5.91 Å². The molecule has 88 valence electrons. The van der Waals surface area contributed by atoms with Crippen LogP contribution in [0.1, 0.15) is 10.5 Å². The third kappa shape index (κ3) is 2.76. The van der Waals surface area contributed by atoms with Crippen molar-refractivity contribution in [1.29, 1.82) is 0 Å². The summed E-state index contributed by atoms with van der Waals surface area (Å²) in [6.07, 6.45) is 0. The summed E-state index contributed by atoms with van der Waals surface area (Å²) in [5, 5.41) is 18.7. The molecule has 1 aromatic heterocycles. The van der Waals surface area contributed by atoms with E-state index in [1.54, 1.807) is 0 Å². The number of nitrogens with one attached hydrogen (secondary N) is 2. The molecule has 0 atom stereocenters. The van der Waals surface area contributed by atoms with Gasteiger partial charge in [-0.15, -0.1) is 5.10 Å². The SMILES string of the molecule is COCCNC(=O)c1n[nH]c([N+](=O)[O-])c1Br. The van der Waals surface area contributed by atoms with Gasteiger partial charge in [-0.1, -0.05) is 5.10 Å². The van der Waals surface area contributed by atoms with Crippen LogP contribution in [0.3, 0.4) is 0 Å². The topological polar surface area (TPSA) is 110 Å². The second kappa shape index (κ2) is 5.56. The molecule has 0 aliphatic carbocycles. The predicted molar refractivity (Wildman–Crippen MR) is 57.2 cm³/mol. The highest BCUT2D eigenvalue weighted by atomic mass is 79.9. The van der Waals surface area contributed by atoms with Gasteiger partial charge in [0.2, 0.25) is 0 Å². The van der Waals surface area contributed by atoms with Crippen LogP contribution in [0.15, 0.2) is 4.47 Å². The van der Waals surface area contributed by atoms with Crippen LogP contribution in [0.4, 0.5) is 5.82 Å². The molecule has 9 heteroatoms. The zero-order chi connectivity index (χ0) is 12.1. The van der Waals surface area contributed by atoms with E-state index in [1.165, 1.54) is 7.11 Å². The standard InChI is InChI=1S/C7H9BrN4O4/c1-16-3-2-9-7(13)5-4(8)6(11-10-5)12(14)15/h2-3H2,1H3,(H,9,13)(H,10,11). The molecule has 0 aromatic carbocycles. The Morgan fingerprint density at radius 1 is 1.75 bits per heavy atom. The molecule has 0 aliphatic heterocycles. The summed E-state index contributed by atoms with van der Waals surface area (Å²) in [7, 11) is 1.50. The van der Waals surface area contributed by atoms with Gasteiger partial charge in [-0.25, -0.2) is 0 Å². The number of ether oxygens (including phenoxy) is 1. The minimum absolute atomic E-state index is 0.0346. The van der Waals surface area contributed by atoms with Crippen molar-refractivity contribution in [2.45, 2.75) is 0 Å². The van der Waals surface area contributed by atoms with E-state index in [0.717, 1.165) is 0 Å². The molecule has 0 spiro atoms. The highest BCUT2D eigenvalue weighted by Gasteiger charge is 2.24. The number of amides is 1. The number of carbonyl (C=O) groups is 1. The maximum atomic E-state index is 11.5. The van der Waals surface area contributed by atoms with Crippen molar-refractivity contribution in [2.75, 3.05) is 20.3 Å². The van der Waals surface area contributed by atoms with Crippen LogP contribution in [0.5, 0.6) is 0 Å². The van der Waals surface area contributed by atoms with Gasteiger partial charge >= 0.3 is 5.82 Å². The highest BCUT2D eigenvalue weighted by molar-refractivity contribution is 9.10. The molecule has 0 fully saturated rings. The van der Waals surface area contributed by atoms with Gasteiger partial charge in [0.05, 0.1) is 6.61 Å². The van der Waals surface area contributed by atoms with Gasteiger partial charge in [-0.3, -0.25) is 4.79 Å². The summed E-state index contributed by atoms with van der Waals surface area (Å²) in [5.74, 6) is -0.856. The Bertz CT molecular complexity index is 405. The first kappa shape index (κ1) is 12.6. The number of nitrogens with zero attached hydrogens (tertiary/aromatic N) is 2. The highest BCUT2D eigenvalue weighted by Crippen LogP contribution is 2.25. The largest absolute Gasteiger partial charge is 0.383 e. The molecule has 1 rings (SSSR count). The van der Waals surface area contributed by atoms with Crippen LogP contribution in [0.2, 0.25) is 0 Å². The first-order chi connectivity index (χ1) is 7.57. The van der Waals surface area contributed by atoms with E-state index >= 15 is 0 Å². The second-order valence-corrected chi connectivity index (χ2v) is 3.53. The Kier molecular flexibility index (Phi) is 4.38. The summed E-state index contributed by atoms with van der Waals surface area (Å²) in [5.41, 5.74) is -0.0530. The lowest BCUT2D eigenvalue weighted by Gasteiger charge is -2.00. The van der Waals surface area contributed by atoms with E-state index in [-0.39, 0.29) is 16.0 Å². The number of halogens is 1. The number of nitro groups is 1. The lowest BCUT2D eigenvalue weighted by molar-refractivity contribution is -0.390. The van der Waals surface area contributed by atoms with E-state index in [4.69, 9.17) is 4.74 Å². The maximum Gasteiger partial charge on any atom is 0.357 e. The normalized spacial score (nSPS) is 10.1. The molecule has 0 radical (unpaired) electrons. The first-order valence-electron chi connectivity index (χ1n) is 4.23. The maximum absolute atomic E-state index is 11.5. The van der Waals surface area contributed by atoms with Crippen LogP contribution in [-0.2, 0) is 4.74 Å². The molecule has 0 saturated carbocycles. The number of rotatable bonds is 5. The molecule has 0 bridgehead atoms. The average Bonchev–Trinajstić information content (AvgIpc) is 2.60. The Morgan fingerprint density at radius 3 is 2.94 bits per heavy atom. The monoisotopic (exact) mass is 292 g/mol. The number of aromatic nitrogens is 2. The number of carbonyl (C=O) groups excluding carboxylic acids is 1. The van der Waals surface area contributed by atoms with Gasteiger partial charge in [-0.2, -0.15) is 0 Å². The quantitative estimate of drug-likeness (QED) is 0.465. The van der Waals surface area contributed by atoms with Crippen molar-refractivity contribution in [3.8, 4) is 0 Å². The van der Waals surface area contributed by atoms with Gasteiger partial charge in [-0.05, 0) is 20.9 Å². The Morgan fingerprint density at radius 2 is 2.44 bits per heavy atom. The molecule has 1 aromatic rings. The van der Waals surface area contributed by atoms with Gasteiger partial charge in [0, 0.05) is 13.7 Å². The van der Waals surface area contributed by atoms with E-state index in [9.17, 15) is 14.9 Å². The molecule has 1 amide bonds. The summed E-state index contributed by atoms with van der Waals surface area (Å²) in [6, 6.07) is 0. The molecule has 8 nitrogen and oxygen atoms in total. The molecule has 2 N–H and O–H groups in total. The first-order valence-corrected chi connectivity index (χ1v) is 5.02. The van der Waals surface area contributed by atoms with Crippen molar-refractivity contribution in [1.82, 2.24) is 15.5 Å².